The van der Waals surface area contributed by atoms with Crippen molar-refractivity contribution in [2.45, 2.75) is 26.2 Å². The van der Waals surface area contributed by atoms with E-state index in [1.54, 1.807) is 97.1 Å². The molecule has 0 aliphatic carbocycles. The minimum atomic E-state index is -1.30. The van der Waals surface area contributed by atoms with Gasteiger partial charge in [-0.15, -0.1) is 0 Å². The smallest absolute Gasteiger partial charge is 0.255 e. The van der Waals surface area contributed by atoms with Crippen molar-refractivity contribution in [3.05, 3.63) is 263 Å². The van der Waals surface area contributed by atoms with Crippen LogP contribution in [0.1, 0.15) is 63.7 Å². The Morgan fingerprint density at radius 3 is 0.685 bits per heavy atom. The van der Waals surface area contributed by atoms with Crippen molar-refractivity contribution in [1.29, 1.82) is 0 Å². The zero-order valence-corrected chi connectivity index (χ0v) is 40.2. The van der Waals surface area contributed by atoms with Crippen LogP contribution in [0.5, 0.6) is 23.0 Å². The van der Waals surface area contributed by atoms with Crippen LogP contribution in [0.2, 0.25) is 0 Å². The zero-order chi connectivity index (χ0) is 50.5. The normalized spacial score (nSPS) is 10.8. The predicted molar refractivity (Wildman–Crippen MR) is 281 cm³/mol. The summed E-state index contributed by atoms with van der Waals surface area (Å²) in [4.78, 5) is 55.4. The van der Waals surface area contributed by atoms with Crippen molar-refractivity contribution in [1.82, 2.24) is 21.3 Å². The first-order valence-corrected chi connectivity index (χ1v) is 24.0. The lowest BCUT2D eigenvalue weighted by atomic mass is 9.91. The fourth-order valence-corrected chi connectivity index (χ4v) is 7.79. The second-order valence-electron chi connectivity index (χ2n) is 17.3. The van der Waals surface area contributed by atoms with Crippen molar-refractivity contribution < 1.29 is 38.1 Å². The maximum atomic E-state index is 13.9. The first-order valence-electron chi connectivity index (χ1n) is 24.0. The SMILES string of the molecule is O=C(NCc1ccccc1)c1ccccc1OCC(COc1ccccc1C(=O)NCc1ccccc1)(COc1ccccc1C(=O)NCc1ccccc1)COc1ccccc1C(=O)NCc1ccccc1. The second-order valence-corrected chi connectivity index (χ2v) is 17.3. The molecule has 0 saturated carbocycles. The first kappa shape index (κ1) is 50.2. The molecule has 73 heavy (non-hydrogen) atoms. The number of carbonyl (C=O) groups is 4. The number of carbonyl (C=O) groups excluding carboxylic acids is 4. The first-order chi connectivity index (χ1) is 35.8. The van der Waals surface area contributed by atoms with Gasteiger partial charge in [-0.2, -0.15) is 0 Å². The Kier molecular flexibility index (Phi) is 17.6. The number of para-hydroxylation sites is 4. The largest absolute Gasteiger partial charge is 0.492 e. The second kappa shape index (κ2) is 25.6. The van der Waals surface area contributed by atoms with E-state index >= 15 is 0 Å². The molecule has 0 unspecified atom stereocenters. The van der Waals surface area contributed by atoms with E-state index in [0.29, 0.717) is 26.2 Å². The monoisotopic (exact) mass is 972 g/mol. The lowest BCUT2D eigenvalue weighted by Gasteiger charge is -2.34. The summed E-state index contributed by atoms with van der Waals surface area (Å²) in [6.07, 6.45) is 0. The molecule has 0 saturated heterocycles. The summed E-state index contributed by atoms with van der Waals surface area (Å²) >= 11 is 0. The van der Waals surface area contributed by atoms with Gasteiger partial charge in [0.15, 0.2) is 0 Å². The quantitative estimate of drug-likeness (QED) is 0.0467. The lowest BCUT2D eigenvalue weighted by molar-refractivity contribution is -0.00417. The molecule has 0 fully saturated rings. The number of ether oxygens (including phenoxy) is 4. The van der Waals surface area contributed by atoms with Gasteiger partial charge >= 0.3 is 0 Å². The number of amides is 4. The van der Waals surface area contributed by atoms with Gasteiger partial charge in [0.25, 0.3) is 23.6 Å². The maximum absolute atomic E-state index is 13.9. The number of hydrogen-bond acceptors (Lipinski definition) is 8. The zero-order valence-electron chi connectivity index (χ0n) is 40.2. The summed E-state index contributed by atoms with van der Waals surface area (Å²) in [5.41, 5.74) is 3.56. The van der Waals surface area contributed by atoms with Gasteiger partial charge in [-0.3, -0.25) is 19.2 Å². The molecule has 0 aliphatic heterocycles. The van der Waals surface area contributed by atoms with Crippen LogP contribution in [-0.2, 0) is 26.2 Å². The van der Waals surface area contributed by atoms with E-state index in [0.717, 1.165) is 22.3 Å². The highest BCUT2D eigenvalue weighted by atomic mass is 16.5. The van der Waals surface area contributed by atoms with E-state index in [-0.39, 0.29) is 95.3 Å². The molecular formula is C61H56N4O8. The van der Waals surface area contributed by atoms with Gasteiger partial charge in [-0.1, -0.05) is 170 Å². The summed E-state index contributed by atoms with van der Waals surface area (Å²) in [5.74, 6) is -0.298. The van der Waals surface area contributed by atoms with Gasteiger partial charge in [0.1, 0.15) is 54.8 Å². The highest BCUT2D eigenvalue weighted by molar-refractivity contribution is 5.98. The molecule has 368 valence electrons. The van der Waals surface area contributed by atoms with E-state index in [1.807, 2.05) is 121 Å². The van der Waals surface area contributed by atoms with Crippen LogP contribution in [0.15, 0.2) is 218 Å². The molecule has 8 aromatic carbocycles. The molecule has 0 atom stereocenters. The number of rotatable bonds is 24. The Labute approximate surface area is 425 Å². The van der Waals surface area contributed by atoms with Gasteiger partial charge < -0.3 is 40.2 Å². The molecule has 0 aromatic heterocycles. The molecule has 0 radical (unpaired) electrons. The van der Waals surface area contributed by atoms with E-state index in [9.17, 15) is 19.2 Å². The Bertz CT molecular complexity index is 2650. The molecule has 4 N–H and O–H groups in total. The molecule has 12 heteroatoms. The van der Waals surface area contributed by atoms with Gasteiger partial charge in [-0.05, 0) is 70.8 Å². The molecule has 8 aromatic rings. The van der Waals surface area contributed by atoms with E-state index in [4.69, 9.17) is 18.9 Å². The molecule has 0 aliphatic rings. The fraction of sp³-hybridized carbons (Fsp3) is 0.148. The standard InChI is InChI=1S/C61H56N4O8/c66-57(62-37-45-21-5-1-6-22-45)49-29-13-17-33-53(49)70-41-61(42-71-54-34-18-14-30-50(54)58(67)63-38-46-23-7-2-8-24-46,43-72-55-35-19-15-31-51(55)59(68)64-39-47-25-9-3-10-26-47)44-73-56-36-20-16-32-52(56)60(69)65-40-48-27-11-4-12-28-48/h1-36H,37-44H2,(H,62,66)(H,63,67)(H,64,68)(H,65,69). The highest BCUT2D eigenvalue weighted by Gasteiger charge is 2.37. The van der Waals surface area contributed by atoms with E-state index in [1.165, 1.54) is 0 Å². The van der Waals surface area contributed by atoms with Gasteiger partial charge in [0, 0.05) is 26.2 Å². The molecule has 0 bridgehead atoms. The molecule has 4 amide bonds. The third-order valence-electron chi connectivity index (χ3n) is 11.8. The molecule has 0 spiro atoms. The third-order valence-corrected chi connectivity index (χ3v) is 11.8. The van der Waals surface area contributed by atoms with Gasteiger partial charge in [0.2, 0.25) is 0 Å². The van der Waals surface area contributed by atoms with Gasteiger partial charge in [0.05, 0.1) is 22.3 Å². The van der Waals surface area contributed by atoms with E-state index in [2.05, 4.69) is 21.3 Å². The van der Waals surface area contributed by atoms with Crippen LogP contribution in [0.25, 0.3) is 0 Å². The van der Waals surface area contributed by atoms with Crippen molar-refractivity contribution in [2.24, 2.45) is 5.41 Å². The molecule has 12 nitrogen and oxygen atoms in total. The minimum Gasteiger partial charge on any atom is -0.492 e. The third kappa shape index (κ3) is 14.5. The fourth-order valence-electron chi connectivity index (χ4n) is 7.79. The Morgan fingerprint density at radius 2 is 0.466 bits per heavy atom. The number of benzene rings is 8. The molecule has 0 heterocycles. The van der Waals surface area contributed by atoms with Crippen molar-refractivity contribution in [3.63, 3.8) is 0 Å². The molecular weight excluding hydrogens is 917 g/mol. The van der Waals surface area contributed by atoms with Crippen LogP contribution in [0, 0.1) is 5.41 Å². The van der Waals surface area contributed by atoms with Crippen LogP contribution in [0.4, 0.5) is 0 Å². The van der Waals surface area contributed by atoms with Crippen molar-refractivity contribution in [2.75, 3.05) is 26.4 Å². The van der Waals surface area contributed by atoms with Crippen LogP contribution < -0.4 is 40.2 Å². The van der Waals surface area contributed by atoms with Crippen molar-refractivity contribution in [3.8, 4) is 23.0 Å². The number of hydrogen-bond donors (Lipinski definition) is 4. The van der Waals surface area contributed by atoms with Crippen LogP contribution >= 0.6 is 0 Å². The van der Waals surface area contributed by atoms with Crippen LogP contribution in [-0.4, -0.2) is 50.1 Å². The van der Waals surface area contributed by atoms with Crippen molar-refractivity contribution >= 4 is 23.6 Å². The summed E-state index contributed by atoms with van der Waals surface area (Å²) in [6, 6.07) is 66.0. The average molecular weight is 973 g/mol. The van der Waals surface area contributed by atoms with Gasteiger partial charge in [-0.25, -0.2) is 0 Å². The summed E-state index contributed by atoms with van der Waals surface area (Å²) in [6.45, 7) is 0.467. The summed E-state index contributed by atoms with van der Waals surface area (Å²) in [5, 5.41) is 12.0. The van der Waals surface area contributed by atoms with Crippen LogP contribution in [0.3, 0.4) is 0 Å². The number of nitrogens with one attached hydrogen (secondary N) is 4. The highest BCUT2D eigenvalue weighted by Crippen LogP contribution is 2.31. The predicted octanol–water partition coefficient (Wildman–Crippen LogP) is 10.0. The topological polar surface area (TPSA) is 153 Å². The Hall–Kier alpha value is -9.16. The Morgan fingerprint density at radius 1 is 0.274 bits per heavy atom. The van der Waals surface area contributed by atoms with E-state index < -0.39 is 5.41 Å². The average Bonchev–Trinajstić information content (AvgIpc) is 3.45. The molecule has 8 rings (SSSR count). The lowest BCUT2D eigenvalue weighted by Crippen LogP contribution is -2.46. The minimum absolute atomic E-state index is 0.177. The maximum Gasteiger partial charge on any atom is 0.255 e. The summed E-state index contributed by atoms with van der Waals surface area (Å²) < 4.78 is 26.8. The Balaban J connectivity index is 1.13. The summed E-state index contributed by atoms with van der Waals surface area (Å²) in [7, 11) is 0.